The van der Waals surface area contributed by atoms with Gasteiger partial charge in [-0.25, -0.2) is 4.98 Å². The molecule has 0 unspecified atom stereocenters. The second kappa shape index (κ2) is 5.81. The number of H-pyrrole nitrogens is 1. The van der Waals surface area contributed by atoms with Crippen LogP contribution < -0.4 is 5.32 Å². The van der Waals surface area contributed by atoms with Gasteiger partial charge in [0.05, 0.1) is 0 Å². The summed E-state index contributed by atoms with van der Waals surface area (Å²) < 4.78 is 0. The van der Waals surface area contributed by atoms with Crippen LogP contribution in [0, 0.1) is 0 Å². The molecule has 0 radical (unpaired) electrons. The molecule has 0 aliphatic carbocycles. The van der Waals surface area contributed by atoms with Gasteiger partial charge in [-0.2, -0.15) is 5.10 Å². The fraction of sp³-hybridized carbons (Fsp3) is 0.250. The highest BCUT2D eigenvalue weighted by molar-refractivity contribution is 5.94. The van der Waals surface area contributed by atoms with Crippen LogP contribution in [-0.4, -0.2) is 32.7 Å². The third kappa shape index (κ3) is 3.31. The van der Waals surface area contributed by atoms with Crippen molar-refractivity contribution in [3.63, 3.8) is 0 Å². The topological polar surface area (TPSA) is 90.9 Å². The Morgan fingerprint density at radius 3 is 3.06 bits per heavy atom. The van der Waals surface area contributed by atoms with Gasteiger partial charge in [-0.05, 0) is 24.6 Å². The highest BCUT2D eigenvalue weighted by Crippen LogP contribution is 2.10. The Balaban J connectivity index is 1.75. The second-order valence-electron chi connectivity index (χ2n) is 3.84. The first-order valence-corrected chi connectivity index (χ1v) is 5.67. The Hall–Kier alpha value is -2.37. The van der Waals surface area contributed by atoms with Crippen molar-refractivity contribution in [2.75, 3.05) is 6.54 Å². The predicted octanol–water partition coefficient (Wildman–Crippen LogP) is 0.873. The Kier molecular flexibility index (Phi) is 3.90. The summed E-state index contributed by atoms with van der Waals surface area (Å²) in [5, 5.41) is 18.5. The molecule has 1 aromatic carbocycles. The van der Waals surface area contributed by atoms with Crippen molar-refractivity contribution < 1.29 is 9.90 Å². The average Bonchev–Trinajstić information content (AvgIpc) is 2.87. The molecule has 0 saturated heterocycles. The van der Waals surface area contributed by atoms with Crippen LogP contribution in [0.5, 0.6) is 5.75 Å². The Bertz CT molecular complexity index is 511. The molecule has 0 atom stereocenters. The van der Waals surface area contributed by atoms with Gasteiger partial charge in [0.25, 0.3) is 5.91 Å². The van der Waals surface area contributed by atoms with E-state index in [-0.39, 0.29) is 11.7 Å². The molecule has 1 amide bonds. The van der Waals surface area contributed by atoms with E-state index in [1.807, 2.05) is 0 Å². The lowest BCUT2D eigenvalue weighted by atomic mass is 10.2. The number of aryl methyl sites for hydroxylation is 1. The number of benzene rings is 1. The van der Waals surface area contributed by atoms with Crippen molar-refractivity contribution in [2.45, 2.75) is 12.8 Å². The van der Waals surface area contributed by atoms with Crippen LogP contribution in [0.15, 0.2) is 30.6 Å². The van der Waals surface area contributed by atoms with Crippen molar-refractivity contribution in [1.29, 1.82) is 0 Å². The number of phenols is 1. The van der Waals surface area contributed by atoms with Gasteiger partial charge in [0, 0.05) is 18.5 Å². The predicted molar refractivity (Wildman–Crippen MR) is 65.1 cm³/mol. The average molecular weight is 246 g/mol. The lowest BCUT2D eigenvalue weighted by molar-refractivity contribution is 0.0952. The van der Waals surface area contributed by atoms with Crippen LogP contribution in [0.25, 0.3) is 0 Å². The smallest absolute Gasteiger partial charge is 0.251 e. The summed E-state index contributed by atoms with van der Waals surface area (Å²) in [5.41, 5.74) is 0.453. The molecule has 6 heteroatoms. The number of hydrogen-bond donors (Lipinski definition) is 3. The van der Waals surface area contributed by atoms with Crippen LogP contribution in [-0.2, 0) is 6.42 Å². The first-order chi connectivity index (χ1) is 8.75. The Morgan fingerprint density at radius 1 is 1.44 bits per heavy atom. The first-order valence-electron chi connectivity index (χ1n) is 5.67. The zero-order valence-electron chi connectivity index (χ0n) is 9.76. The summed E-state index contributed by atoms with van der Waals surface area (Å²) in [6.07, 6.45) is 2.97. The highest BCUT2D eigenvalue weighted by atomic mass is 16.3. The van der Waals surface area contributed by atoms with Crippen LogP contribution >= 0.6 is 0 Å². The standard InChI is InChI=1S/C12H14N4O2/c17-10-4-1-3-9(7-10)12(18)13-6-2-5-11-14-8-15-16-11/h1,3-4,7-8,17H,2,5-6H2,(H,13,18)(H,14,15,16). The van der Waals surface area contributed by atoms with Crippen molar-refractivity contribution in [2.24, 2.45) is 0 Å². The van der Waals surface area contributed by atoms with Crippen LogP contribution in [0.3, 0.4) is 0 Å². The molecule has 2 aromatic rings. The lowest BCUT2D eigenvalue weighted by Gasteiger charge is -2.04. The summed E-state index contributed by atoms with van der Waals surface area (Å²) in [4.78, 5) is 15.7. The number of aromatic nitrogens is 3. The fourth-order valence-corrected chi connectivity index (χ4v) is 1.56. The molecule has 0 aliphatic rings. The van der Waals surface area contributed by atoms with Crippen molar-refractivity contribution in [3.05, 3.63) is 42.0 Å². The third-order valence-corrected chi connectivity index (χ3v) is 2.45. The van der Waals surface area contributed by atoms with E-state index in [0.29, 0.717) is 12.1 Å². The van der Waals surface area contributed by atoms with Gasteiger partial charge in [0.2, 0.25) is 0 Å². The molecule has 0 spiro atoms. The summed E-state index contributed by atoms with van der Waals surface area (Å²) in [6, 6.07) is 6.26. The monoisotopic (exact) mass is 246 g/mol. The number of rotatable bonds is 5. The maximum atomic E-state index is 11.7. The molecule has 1 aromatic heterocycles. The minimum absolute atomic E-state index is 0.0873. The van der Waals surface area contributed by atoms with Crippen LogP contribution in [0.1, 0.15) is 22.6 Å². The SMILES string of the molecule is O=C(NCCCc1ncn[nH]1)c1cccc(O)c1. The van der Waals surface area contributed by atoms with Crippen molar-refractivity contribution in [1.82, 2.24) is 20.5 Å². The van der Waals surface area contributed by atoms with E-state index in [0.717, 1.165) is 18.7 Å². The number of nitrogens with zero attached hydrogens (tertiary/aromatic N) is 2. The number of phenolic OH excluding ortho intramolecular Hbond substituents is 1. The van der Waals surface area contributed by atoms with E-state index in [9.17, 15) is 9.90 Å². The molecule has 0 aliphatic heterocycles. The van der Waals surface area contributed by atoms with E-state index in [4.69, 9.17) is 0 Å². The van der Waals surface area contributed by atoms with E-state index >= 15 is 0 Å². The van der Waals surface area contributed by atoms with Gasteiger partial charge in [0.1, 0.15) is 17.9 Å². The Labute approximate surface area is 104 Å². The molecule has 6 nitrogen and oxygen atoms in total. The van der Waals surface area contributed by atoms with E-state index < -0.39 is 0 Å². The van der Waals surface area contributed by atoms with E-state index in [2.05, 4.69) is 20.5 Å². The van der Waals surface area contributed by atoms with Crippen molar-refractivity contribution in [3.8, 4) is 5.75 Å². The molecule has 3 N–H and O–H groups in total. The molecule has 1 heterocycles. The van der Waals surface area contributed by atoms with Gasteiger partial charge in [-0.1, -0.05) is 6.07 Å². The summed E-state index contributed by atoms with van der Waals surface area (Å²) in [5.74, 6) is 0.703. The maximum Gasteiger partial charge on any atom is 0.251 e. The molecule has 2 rings (SSSR count). The minimum atomic E-state index is -0.191. The minimum Gasteiger partial charge on any atom is -0.508 e. The molecule has 0 bridgehead atoms. The second-order valence-corrected chi connectivity index (χ2v) is 3.84. The number of carbonyl (C=O) groups is 1. The summed E-state index contributed by atoms with van der Waals surface area (Å²) in [7, 11) is 0. The molecule has 0 fully saturated rings. The first kappa shape index (κ1) is 12.1. The Morgan fingerprint density at radius 2 is 2.33 bits per heavy atom. The van der Waals surface area contributed by atoms with Gasteiger partial charge < -0.3 is 10.4 Å². The zero-order chi connectivity index (χ0) is 12.8. The zero-order valence-corrected chi connectivity index (χ0v) is 9.76. The number of amides is 1. The number of carbonyl (C=O) groups excluding carboxylic acids is 1. The van der Waals surface area contributed by atoms with Gasteiger partial charge in [0.15, 0.2) is 0 Å². The summed E-state index contributed by atoms with van der Waals surface area (Å²) in [6.45, 7) is 0.551. The molecular formula is C12H14N4O2. The molecular weight excluding hydrogens is 232 g/mol. The van der Waals surface area contributed by atoms with Crippen molar-refractivity contribution >= 4 is 5.91 Å². The van der Waals surface area contributed by atoms with E-state index in [1.54, 1.807) is 12.1 Å². The summed E-state index contributed by atoms with van der Waals surface area (Å²) >= 11 is 0. The highest BCUT2D eigenvalue weighted by Gasteiger charge is 2.05. The molecule has 94 valence electrons. The lowest BCUT2D eigenvalue weighted by Crippen LogP contribution is -2.24. The van der Waals surface area contributed by atoms with E-state index in [1.165, 1.54) is 18.5 Å². The molecule has 0 saturated carbocycles. The van der Waals surface area contributed by atoms with Gasteiger partial charge in [-0.15, -0.1) is 0 Å². The van der Waals surface area contributed by atoms with Gasteiger partial charge >= 0.3 is 0 Å². The van der Waals surface area contributed by atoms with Gasteiger partial charge in [-0.3, -0.25) is 9.89 Å². The number of nitrogens with one attached hydrogen (secondary N) is 2. The largest absolute Gasteiger partial charge is 0.508 e. The number of hydrogen-bond acceptors (Lipinski definition) is 4. The van der Waals surface area contributed by atoms with Crippen LogP contribution in [0.4, 0.5) is 0 Å². The maximum absolute atomic E-state index is 11.7. The molecule has 18 heavy (non-hydrogen) atoms. The third-order valence-electron chi connectivity index (χ3n) is 2.45. The fourth-order valence-electron chi connectivity index (χ4n) is 1.56. The van der Waals surface area contributed by atoms with Crippen LogP contribution in [0.2, 0.25) is 0 Å². The number of aromatic amines is 1. The normalized spacial score (nSPS) is 10.2. The quantitative estimate of drug-likeness (QED) is 0.683. The number of aromatic hydroxyl groups is 1.